The Balaban J connectivity index is 1.40. The highest BCUT2D eigenvalue weighted by Gasteiger charge is 2.38. The zero-order valence-electron chi connectivity index (χ0n) is 17.3. The highest BCUT2D eigenvalue weighted by atomic mass is 16.5. The number of carbonyl (C=O) groups is 1. The first-order chi connectivity index (χ1) is 14.6. The first-order valence-electron chi connectivity index (χ1n) is 10.5. The summed E-state index contributed by atoms with van der Waals surface area (Å²) in [5.41, 5.74) is 3.46. The van der Waals surface area contributed by atoms with Crippen LogP contribution < -0.4 is 10.1 Å². The van der Waals surface area contributed by atoms with Gasteiger partial charge in [-0.2, -0.15) is 0 Å². The van der Waals surface area contributed by atoms with Crippen LogP contribution in [0.4, 0.5) is 0 Å². The van der Waals surface area contributed by atoms with E-state index in [0.29, 0.717) is 12.0 Å². The first-order valence-corrected chi connectivity index (χ1v) is 10.5. The number of nitrogens with one attached hydrogen (secondary N) is 1. The summed E-state index contributed by atoms with van der Waals surface area (Å²) in [5, 5.41) is 11.8. The predicted molar refractivity (Wildman–Crippen MR) is 111 cm³/mol. The number of fused-ring (bicyclic) bond motifs is 1. The fourth-order valence-corrected chi connectivity index (χ4v) is 4.75. The van der Waals surface area contributed by atoms with Gasteiger partial charge in [0.25, 0.3) is 0 Å². The lowest BCUT2D eigenvalue weighted by molar-refractivity contribution is -0.129. The van der Waals surface area contributed by atoms with Crippen LogP contribution in [0.25, 0.3) is 16.9 Å². The van der Waals surface area contributed by atoms with Crippen LogP contribution in [0.15, 0.2) is 36.9 Å². The largest absolute Gasteiger partial charge is 0.495 e. The summed E-state index contributed by atoms with van der Waals surface area (Å²) < 4.78 is 9.25. The number of rotatable bonds is 4. The highest BCUT2D eigenvalue weighted by molar-refractivity contribution is 5.81. The number of ether oxygens (including phenoxy) is 1. The summed E-state index contributed by atoms with van der Waals surface area (Å²) in [7, 11) is 1.65. The molecule has 3 atom stereocenters. The van der Waals surface area contributed by atoms with E-state index in [0.717, 1.165) is 41.2 Å². The van der Waals surface area contributed by atoms with E-state index in [4.69, 9.17) is 4.74 Å². The topological polar surface area (TPSA) is 86.9 Å². The van der Waals surface area contributed by atoms with Gasteiger partial charge in [-0.1, -0.05) is 24.1 Å². The quantitative estimate of drug-likeness (QED) is 0.720. The lowest BCUT2D eigenvalue weighted by atomic mass is 9.78. The summed E-state index contributed by atoms with van der Waals surface area (Å²) in [6.45, 7) is 1.95. The Hall–Kier alpha value is -3.16. The molecule has 2 aromatic heterocycles. The average Bonchev–Trinajstić information content (AvgIpc) is 3.42. The van der Waals surface area contributed by atoms with Gasteiger partial charge in [-0.25, -0.2) is 9.67 Å². The molecule has 1 aliphatic heterocycles. The second-order valence-corrected chi connectivity index (χ2v) is 8.30. The minimum absolute atomic E-state index is 0.0537. The van der Waals surface area contributed by atoms with Crippen LogP contribution in [0.2, 0.25) is 0 Å². The lowest BCUT2D eigenvalue weighted by Crippen LogP contribution is -2.51. The zero-order chi connectivity index (χ0) is 20.7. The molecule has 0 radical (unpaired) electrons. The predicted octanol–water partition coefficient (Wildman–Crippen LogP) is 3.07. The Labute approximate surface area is 175 Å². The third-order valence-electron chi connectivity index (χ3n) is 6.36. The van der Waals surface area contributed by atoms with Gasteiger partial charge in [0.05, 0.1) is 31.0 Å². The first kappa shape index (κ1) is 18.8. The summed E-state index contributed by atoms with van der Waals surface area (Å²) in [4.78, 5) is 17.0. The summed E-state index contributed by atoms with van der Waals surface area (Å²) >= 11 is 0. The van der Waals surface area contributed by atoms with Crippen molar-refractivity contribution >= 4 is 5.91 Å². The average molecular weight is 406 g/mol. The van der Waals surface area contributed by atoms with Crippen molar-refractivity contribution in [2.45, 2.75) is 51.1 Å². The van der Waals surface area contributed by atoms with Crippen molar-refractivity contribution in [1.82, 2.24) is 29.9 Å². The summed E-state index contributed by atoms with van der Waals surface area (Å²) in [5.74, 6) is 1.31. The summed E-state index contributed by atoms with van der Waals surface area (Å²) in [6.07, 6.45) is 11.1. The number of hydrogen-bond acceptors (Lipinski definition) is 5. The number of aromatic nitrogens is 5. The molecule has 1 amide bonds. The van der Waals surface area contributed by atoms with Gasteiger partial charge < -0.3 is 14.6 Å². The van der Waals surface area contributed by atoms with E-state index < -0.39 is 0 Å². The normalized spacial score (nSPS) is 23.7. The van der Waals surface area contributed by atoms with Gasteiger partial charge in [0, 0.05) is 17.8 Å². The van der Waals surface area contributed by atoms with E-state index in [9.17, 15) is 4.79 Å². The number of aryl methyl sites for hydroxylation is 1. The number of methoxy groups -OCH3 is 1. The number of nitrogens with zero attached hydrogens (tertiary/aromatic N) is 5. The van der Waals surface area contributed by atoms with Gasteiger partial charge in [-0.3, -0.25) is 4.79 Å². The molecule has 156 valence electrons. The van der Waals surface area contributed by atoms with E-state index in [1.165, 1.54) is 19.3 Å². The second-order valence-electron chi connectivity index (χ2n) is 8.30. The highest BCUT2D eigenvalue weighted by Crippen LogP contribution is 2.35. The van der Waals surface area contributed by atoms with Crippen LogP contribution in [0.1, 0.15) is 43.8 Å². The maximum Gasteiger partial charge on any atom is 0.245 e. The molecule has 2 fully saturated rings. The Morgan fingerprint density at radius 1 is 1.20 bits per heavy atom. The molecular formula is C22H26N6O2. The number of carbonyl (C=O) groups excluding carboxylic acids is 1. The molecule has 30 heavy (non-hydrogen) atoms. The second kappa shape index (κ2) is 7.59. The fourth-order valence-electron chi connectivity index (χ4n) is 4.75. The minimum atomic E-state index is -0.291. The van der Waals surface area contributed by atoms with E-state index in [-0.39, 0.29) is 11.9 Å². The molecule has 1 aromatic carbocycles. The Morgan fingerprint density at radius 3 is 2.87 bits per heavy atom. The fraction of sp³-hybridized carbons (Fsp3) is 0.455. The van der Waals surface area contributed by atoms with Crippen molar-refractivity contribution in [1.29, 1.82) is 0 Å². The van der Waals surface area contributed by atoms with Crippen LogP contribution in [-0.2, 0) is 4.79 Å². The third-order valence-corrected chi connectivity index (χ3v) is 6.36. The summed E-state index contributed by atoms with van der Waals surface area (Å²) in [6, 6.07) is 5.94. The number of amides is 1. The van der Waals surface area contributed by atoms with Gasteiger partial charge in [0.1, 0.15) is 17.5 Å². The Bertz CT molecular complexity index is 1070. The molecule has 0 bridgehead atoms. The molecule has 1 saturated heterocycles. The zero-order valence-corrected chi connectivity index (χ0v) is 17.3. The maximum absolute atomic E-state index is 12.7. The van der Waals surface area contributed by atoms with E-state index in [2.05, 4.69) is 20.6 Å². The molecule has 3 unspecified atom stereocenters. The van der Waals surface area contributed by atoms with Crippen LogP contribution in [0.3, 0.4) is 0 Å². The third kappa shape index (κ3) is 3.36. The van der Waals surface area contributed by atoms with E-state index >= 15 is 0 Å². The Kier molecular flexibility index (Phi) is 4.77. The van der Waals surface area contributed by atoms with Crippen molar-refractivity contribution in [3.05, 3.63) is 42.6 Å². The molecule has 2 aliphatic rings. The van der Waals surface area contributed by atoms with Crippen molar-refractivity contribution in [2.24, 2.45) is 5.92 Å². The van der Waals surface area contributed by atoms with Crippen LogP contribution >= 0.6 is 0 Å². The number of benzene rings is 1. The molecule has 8 nitrogen and oxygen atoms in total. The number of piperidine rings is 1. The maximum atomic E-state index is 12.7. The molecule has 8 heteroatoms. The van der Waals surface area contributed by atoms with E-state index in [1.54, 1.807) is 18.1 Å². The van der Waals surface area contributed by atoms with Crippen LogP contribution in [0.5, 0.6) is 5.75 Å². The van der Waals surface area contributed by atoms with Crippen molar-refractivity contribution < 1.29 is 9.53 Å². The molecule has 3 aromatic rings. The molecule has 0 spiro atoms. The SMILES string of the molecule is COc1cc(-c2cn(C3CC4CCCCC4NC3=O)nn2)ccc1-n1cnc(C)c1. The standard InChI is InChI=1S/C22H26N6O2/c1-14-11-27(13-23-14)19-8-7-16(10-21(19)30-2)18-12-28(26-25-18)20-9-15-5-3-4-6-17(15)24-22(20)29/h7-8,10-13,15,17,20H,3-6,9H2,1-2H3,(H,24,29). The lowest BCUT2D eigenvalue weighted by Gasteiger charge is -2.39. The van der Waals surface area contributed by atoms with Gasteiger partial charge in [0.15, 0.2) is 0 Å². The minimum Gasteiger partial charge on any atom is -0.495 e. The molecule has 1 saturated carbocycles. The van der Waals surface area contributed by atoms with Gasteiger partial charge in [0.2, 0.25) is 5.91 Å². The molecular weight excluding hydrogens is 380 g/mol. The Morgan fingerprint density at radius 2 is 2.07 bits per heavy atom. The monoisotopic (exact) mass is 406 g/mol. The van der Waals surface area contributed by atoms with Gasteiger partial charge in [-0.05, 0) is 44.2 Å². The van der Waals surface area contributed by atoms with Crippen molar-refractivity contribution in [3.63, 3.8) is 0 Å². The van der Waals surface area contributed by atoms with Gasteiger partial charge >= 0.3 is 0 Å². The molecule has 5 rings (SSSR count). The van der Waals surface area contributed by atoms with Crippen LogP contribution in [-0.4, -0.2) is 43.6 Å². The number of hydrogen-bond donors (Lipinski definition) is 1. The molecule has 1 aliphatic carbocycles. The smallest absolute Gasteiger partial charge is 0.245 e. The molecule has 1 N–H and O–H groups in total. The van der Waals surface area contributed by atoms with E-state index in [1.807, 2.05) is 42.1 Å². The van der Waals surface area contributed by atoms with Crippen LogP contribution in [0, 0.1) is 12.8 Å². The van der Waals surface area contributed by atoms with Crippen molar-refractivity contribution in [3.8, 4) is 22.7 Å². The van der Waals surface area contributed by atoms with Gasteiger partial charge in [-0.15, -0.1) is 5.10 Å². The molecule has 3 heterocycles. The van der Waals surface area contributed by atoms with Crippen molar-refractivity contribution in [2.75, 3.05) is 7.11 Å². The number of imidazole rings is 1.